The first-order chi connectivity index (χ1) is 16.5. The van der Waals surface area contributed by atoms with E-state index in [1.165, 1.54) is 10.5 Å². The van der Waals surface area contributed by atoms with Gasteiger partial charge in [0.2, 0.25) is 0 Å². The predicted octanol–water partition coefficient (Wildman–Crippen LogP) is 0.926. The van der Waals surface area contributed by atoms with Crippen molar-refractivity contribution in [2.75, 3.05) is 53.1 Å². The number of ether oxygens (including phenoxy) is 2. The lowest BCUT2D eigenvalue weighted by molar-refractivity contribution is 0.0369. The Labute approximate surface area is 197 Å². The third-order valence-corrected chi connectivity index (χ3v) is 6.07. The summed E-state index contributed by atoms with van der Waals surface area (Å²) in [6.07, 6.45) is 3.17. The van der Waals surface area contributed by atoms with Crippen LogP contribution in [-0.4, -0.2) is 77.9 Å². The zero-order valence-electron chi connectivity index (χ0n) is 19.8. The number of methoxy groups -OCH3 is 1. The summed E-state index contributed by atoms with van der Waals surface area (Å²) < 4.78 is 13.6. The van der Waals surface area contributed by atoms with Crippen LogP contribution < -0.4 is 16.4 Å². The van der Waals surface area contributed by atoms with Crippen LogP contribution in [0.25, 0.3) is 16.7 Å². The highest BCUT2D eigenvalue weighted by atomic mass is 16.5. The fraction of sp³-hybridized carbons (Fsp3) is 0.500. The summed E-state index contributed by atoms with van der Waals surface area (Å²) in [6, 6.07) is 5.21. The zero-order chi connectivity index (χ0) is 24.1. The number of hydrogen-bond acceptors (Lipinski definition) is 7. The van der Waals surface area contributed by atoms with Gasteiger partial charge in [-0.25, -0.2) is 4.98 Å². The Bertz CT molecular complexity index is 1290. The maximum atomic E-state index is 13.4. The molecule has 4 rings (SSSR count). The van der Waals surface area contributed by atoms with Gasteiger partial charge < -0.3 is 19.4 Å². The number of fused-ring (bicyclic) bond motifs is 2. The second kappa shape index (κ2) is 10.9. The zero-order valence-corrected chi connectivity index (χ0v) is 19.8. The number of aromatic nitrogens is 3. The number of aryl methyl sites for hydroxylation is 2. The van der Waals surface area contributed by atoms with Crippen molar-refractivity contribution in [3.8, 4) is 0 Å². The minimum atomic E-state index is -0.376. The number of rotatable bonds is 9. The van der Waals surface area contributed by atoms with E-state index in [1.54, 1.807) is 23.9 Å². The molecule has 0 saturated carbocycles. The number of nitrogens with one attached hydrogen (secondary N) is 2. The average Bonchev–Trinajstić information content (AvgIpc) is 2.84. The topological polar surface area (TPSA) is 114 Å². The van der Waals surface area contributed by atoms with Gasteiger partial charge in [-0.15, -0.1) is 0 Å². The van der Waals surface area contributed by atoms with Crippen molar-refractivity contribution in [1.29, 1.82) is 5.41 Å². The van der Waals surface area contributed by atoms with E-state index >= 15 is 0 Å². The molecule has 1 saturated heterocycles. The second-order valence-corrected chi connectivity index (χ2v) is 8.56. The number of morpholine rings is 1. The third-order valence-electron chi connectivity index (χ3n) is 6.07. The van der Waals surface area contributed by atoms with Crippen LogP contribution in [0, 0.1) is 12.3 Å². The first kappa shape index (κ1) is 24.1. The SMILES string of the molecule is COCCCNC(=O)c1cc2c(=O)n3cc(C)ccc3nc2n(CCCN2CCOCC2)c1=N. The highest BCUT2D eigenvalue weighted by molar-refractivity contribution is 5.96. The largest absolute Gasteiger partial charge is 0.385 e. The number of carbonyl (C=O) groups is 1. The molecule has 4 heterocycles. The first-order valence-electron chi connectivity index (χ1n) is 11.7. The van der Waals surface area contributed by atoms with Crippen molar-refractivity contribution in [2.24, 2.45) is 0 Å². The monoisotopic (exact) mass is 468 g/mol. The number of pyridine rings is 2. The number of amides is 1. The van der Waals surface area contributed by atoms with Gasteiger partial charge in [-0.1, -0.05) is 6.07 Å². The highest BCUT2D eigenvalue weighted by Crippen LogP contribution is 2.12. The Morgan fingerprint density at radius 2 is 2.03 bits per heavy atom. The minimum Gasteiger partial charge on any atom is -0.385 e. The summed E-state index contributed by atoms with van der Waals surface area (Å²) in [6.45, 7) is 7.40. The molecule has 0 spiro atoms. The van der Waals surface area contributed by atoms with E-state index in [2.05, 4.69) is 10.2 Å². The van der Waals surface area contributed by atoms with E-state index in [0.29, 0.717) is 42.8 Å². The van der Waals surface area contributed by atoms with Crippen LogP contribution in [0.4, 0.5) is 0 Å². The quantitative estimate of drug-likeness (QED) is 0.357. The molecule has 0 aliphatic carbocycles. The molecule has 2 N–H and O–H groups in total. The summed E-state index contributed by atoms with van der Waals surface area (Å²) in [5.74, 6) is -0.376. The summed E-state index contributed by atoms with van der Waals surface area (Å²) in [4.78, 5) is 33.4. The van der Waals surface area contributed by atoms with Crippen LogP contribution in [0.15, 0.2) is 29.2 Å². The van der Waals surface area contributed by atoms with Crippen molar-refractivity contribution in [3.63, 3.8) is 0 Å². The van der Waals surface area contributed by atoms with Crippen molar-refractivity contribution < 1.29 is 14.3 Å². The van der Waals surface area contributed by atoms with Crippen molar-refractivity contribution in [2.45, 2.75) is 26.3 Å². The molecule has 1 amide bonds. The molecule has 0 atom stereocenters. The standard InChI is InChI=1S/C24H32N6O4/c1-17-5-6-20-27-22-19(24(32)30(20)16-17)15-18(23(31)26-7-3-12-33-2)21(25)29(22)9-4-8-28-10-13-34-14-11-28/h5-6,15-16,25H,3-4,7-14H2,1-2H3,(H,26,31). The van der Waals surface area contributed by atoms with Crippen LogP contribution in [0.2, 0.25) is 0 Å². The molecule has 0 aromatic carbocycles. The molecule has 1 aliphatic rings. The minimum absolute atomic E-state index is 0.0575. The Hall–Kier alpha value is -3.08. The van der Waals surface area contributed by atoms with Gasteiger partial charge in [-0.05, 0) is 37.5 Å². The van der Waals surface area contributed by atoms with Gasteiger partial charge in [0.1, 0.15) is 16.8 Å². The molecule has 0 radical (unpaired) electrons. The number of carbonyl (C=O) groups excluding carboxylic acids is 1. The molecule has 0 unspecified atom stereocenters. The second-order valence-electron chi connectivity index (χ2n) is 8.56. The van der Waals surface area contributed by atoms with Crippen molar-refractivity contribution in [1.82, 2.24) is 24.2 Å². The molecular weight excluding hydrogens is 436 g/mol. The van der Waals surface area contributed by atoms with Crippen LogP contribution >= 0.6 is 0 Å². The van der Waals surface area contributed by atoms with Crippen molar-refractivity contribution >= 4 is 22.6 Å². The Morgan fingerprint density at radius 1 is 1.24 bits per heavy atom. The summed E-state index contributed by atoms with van der Waals surface area (Å²) >= 11 is 0. The van der Waals surface area contributed by atoms with E-state index in [9.17, 15) is 9.59 Å². The Balaban J connectivity index is 1.74. The molecule has 10 nitrogen and oxygen atoms in total. The maximum absolute atomic E-state index is 13.4. The molecule has 34 heavy (non-hydrogen) atoms. The van der Waals surface area contributed by atoms with Crippen LogP contribution in [0.5, 0.6) is 0 Å². The Morgan fingerprint density at radius 3 is 2.79 bits per heavy atom. The fourth-order valence-electron chi connectivity index (χ4n) is 4.22. The van der Waals surface area contributed by atoms with E-state index < -0.39 is 0 Å². The summed E-state index contributed by atoms with van der Waals surface area (Å²) in [5.41, 5.74) is 1.85. The molecule has 3 aromatic heterocycles. The van der Waals surface area contributed by atoms with E-state index in [4.69, 9.17) is 19.9 Å². The third kappa shape index (κ3) is 5.19. The summed E-state index contributed by atoms with van der Waals surface area (Å²) in [5, 5.41) is 12.0. The lowest BCUT2D eigenvalue weighted by Crippen LogP contribution is -2.38. The van der Waals surface area contributed by atoms with Gasteiger partial charge in [-0.2, -0.15) is 0 Å². The smallest absolute Gasteiger partial charge is 0.267 e. The molecule has 10 heteroatoms. The fourth-order valence-corrected chi connectivity index (χ4v) is 4.22. The van der Waals surface area contributed by atoms with E-state index in [1.807, 2.05) is 13.0 Å². The highest BCUT2D eigenvalue weighted by Gasteiger charge is 2.18. The Kier molecular flexibility index (Phi) is 7.71. The molecule has 1 fully saturated rings. The van der Waals surface area contributed by atoms with Crippen LogP contribution in [0.1, 0.15) is 28.8 Å². The summed E-state index contributed by atoms with van der Waals surface area (Å²) in [7, 11) is 1.61. The van der Waals surface area contributed by atoms with E-state index in [-0.39, 0.29) is 22.5 Å². The lowest BCUT2D eigenvalue weighted by Gasteiger charge is -2.26. The average molecular weight is 469 g/mol. The van der Waals surface area contributed by atoms with Gasteiger partial charge in [0.05, 0.1) is 24.2 Å². The first-order valence-corrected chi connectivity index (χ1v) is 11.7. The van der Waals surface area contributed by atoms with Crippen LogP contribution in [0.3, 0.4) is 0 Å². The molecule has 3 aromatic rings. The predicted molar refractivity (Wildman–Crippen MR) is 128 cm³/mol. The molecule has 0 bridgehead atoms. The van der Waals surface area contributed by atoms with Gasteiger partial charge in [-0.3, -0.25) is 24.3 Å². The molecule has 182 valence electrons. The van der Waals surface area contributed by atoms with Gasteiger partial charge in [0.15, 0.2) is 0 Å². The molecule has 1 aliphatic heterocycles. The van der Waals surface area contributed by atoms with Gasteiger partial charge in [0.25, 0.3) is 11.5 Å². The van der Waals surface area contributed by atoms with Gasteiger partial charge >= 0.3 is 0 Å². The van der Waals surface area contributed by atoms with Gasteiger partial charge in [0, 0.05) is 52.6 Å². The molecular formula is C24H32N6O4. The van der Waals surface area contributed by atoms with Crippen molar-refractivity contribution in [3.05, 3.63) is 51.4 Å². The van der Waals surface area contributed by atoms with Crippen LogP contribution in [-0.2, 0) is 16.0 Å². The number of nitrogens with zero attached hydrogens (tertiary/aromatic N) is 4. The maximum Gasteiger partial charge on any atom is 0.267 e. The van der Waals surface area contributed by atoms with E-state index in [0.717, 1.165) is 44.8 Å². The normalized spacial score (nSPS) is 14.6. The number of hydrogen-bond donors (Lipinski definition) is 2. The lowest BCUT2D eigenvalue weighted by atomic mass is 10.2.